The number of anilines is 1. The molecule has 3 heterocycles. The molecule has 39 heavy (non-hydrogen) atoms. The van der Waals surface area contributed by atoms with Crippen molar-refractivity contribution in [3.8, 4) is 11.3 Å². The molecule has 0 aliphatic carbocycles. The number of nitrogens with one attached hydrogen (secondary N) is 1. The number of fused-ring (bicyclic) bond motifs is 1. The van der Waals surface area contributed by atoms with Crippen molar-refractivity contribution in [1.82, 2.24) is 19.3 Å². The summed E-state index contributed by atoms with van der Waals surface area (Å²) in [6.07, 6.45) is -0.654. The fourth-order valence-electron chi connectivity index (χ4n) is 4.58. The lowest BCUT2D eigenvalue weighted by Crippen LogP contribution is -2.31. The van der Waals surface area contributed by atoms with Crippen molar-refractivity contribution >= 4 is 16.5 Å². The third-order valence-electron chi connectivity index (χ3n) is 6.74. The number of alkyl halides is 3. The molecule has 7 nitrogen and oxygen atoms in total. The number of aryl methyl sites for hydroxylation is 4. The van der Waals surface area contributed by atoms with E-state index in [1.54, 1.807) is 31.3 Å². The van der Waals surface area contributed by atoms with Crippen LogP contribution < -0.4 is 16.4 Å². The van der Waals surface area contributed by atoms with Crippen LogP contribution in [0.1, 0.15) is 43.5 Å². The summed E-state index contributed by atoms with van der Waals surface area (Å²) in [6, 6.07) is 7.80. The average Bonchev–Trinajstić information content (AvgIpc) is 2.87. The average molecular weight is 544 g/mol. The predicted molar refractivity (Wildman–Crippen MR) is 142 cm³/mol. The highest BCUT2D eigenvalue weighted by atomic mass is 19.4. The zero-order valence-electron chi connectivity index (χ0n) is 22.1. The lowest BCUT2D eigenvalue weighted by molar-refractivity contribution is -0.138. The summed E-state index contributed by atoms with van der Waals surface area (Å²) in [5.41, 5.74) is -0.554. The summed E-state index contributed by atoms with van der Waals surface area (Å²) in [5.74, 6) is -0.545. The number of benzene rings is 1. The Balaban J connectivity index is 1.49. The predicted octanol–water partition coefficient (Wildman–Crippen LogP) is 5.47. The number of hydrogen-bond donors (Lipinski definition) is 1. The molecule has 3 aromatic heterocycles. The van der Waals surface area contributed by atoms with Gasteiger partial charge in [0.15, 0.2) is 0 Å². The number of aromatic nitrogens is 4. The van der Waals surface area contributed by atoms with Crippen LogP contribution in [-0.2, 0) is 26.2 Å². The number of pyridine rings is 2. The fraction of sp³-hybridized carbons (Fsp3) is 0.357. The Morgan fingerprint density at radius 1 is 1.10 bits per heavy atom. The molecule has 4 rings (SSSR count). The molecule has 206 valence electrons. The Morgan fingerprint density at radius 2 is 1.85 bits per heavy atom. The fourth-order valence-corrected chi connectivity index (χ4v) is 4.58. The van der Waals surface area contributed by atoms with Gasteiger partial charge in [0.1, 0.15) is 11.4 Å². The normalized spacial score (nSPS) is 12.6. The van der Waals surface area contributed by atoms with Crippen molar-refractivity contribution in [1.29, 1.82) is 0 Å². The standard InChI is InChI=1S/C28H29F4N5O2/c1-5-22-16(2)8-9-23(35-22)20-13-18-10-12-37(26(38)19(18)14-21(20)29)11-6-7-17(3)34-24-15-33-36(4)27(39)25(24)28(30,31)32/h8-10,12-15,17,34H,5-7,11H2,1-4H3/t17-/m0/s1. The van der Waals surface area contributed by atoms with Gasteiger partial charge < -0.3 is 9.88 Å². The molecular weight excluding hydrogens is 514 g/mol. The third kappa shape index (κ3) is 5.86. The second-order valence-electron chi connectivity index (χ2n) is 9.59. The summed E-state index contributed by atoms with van der Waals surface area (Å²) in [7, 11) is 1.15. The van der Waals surface area contributed by atoms with E-state index in [0.717, 1.165) is 30.9 Å². The maximum absolute atomic E-state index is 15.1. The number of rotatable bonds is 8. The van der Waals surface area contributed by atoms with Crippen LogP contribution in [0.5, 0.6) is 0 Å². The first kappa shape index (κ1) is 28.0. The summed E-state index contributed by atoms with van der Waals surface area (Å²) in [5, 5.41) is 7.21. The van der Waals surface area contributed by atoms with E-state index in [2.05, 4.69) is 15.4 Å². The molecule has 0 saturated carbocycles. The smallest absolute Gasteiger partial charge is 0.381 e. The van der Waals surface area contributed by atoms with Crippen LogP contribution in [0.2, 0.25) is 0 Å². The van der Waals surface area contributed by atoms with Crippen LogP contribution >= 0.6 is 0 Å². The Kier molecular flexibility index (Phi) is 7.89. The Hall–Kier alpha value is -4.02. The van der Waals surface area contributed by atoms with E-state index >= 15 is 4.39 Å². The molecule has 0 spiro atoms. The largest absolute Gasteiger partial charge is 0.423 e. The molecule has 1 aromatic carbocycles. The van der Waals surface area contributed by atoms with Gasteiger partial charge >= 0.3 is 6.18 Å². The van der Waals surface area contributed by atoms with Gasteiger partial charge in [0, 0.05) is 37.1 Å². The maximum Gasteiger partial charge on any atom is 0.423 e. The lowest BCUT2D eigenvalue weighted by Gasteiger charge is -2.19. The first-order chi connectivity index (χ1) is 18.4. The van der Waals surface area contributed by atoms with Gasteiger partial charge in [0.2, 0.25) is 0 Å². The molecular formula is C28H29F4N5O2. The summed E-state index contributed by atoms with van der Waals surface area (Å²) >= 11 is 0. The molecule has 1 atom stereocenters. The van der Waals surface area contributed by atoms with E-state index in [0.29, 0.717) is 34.2 Å². The molecule has 1 N–H and O–H groups in total. The second kappa shape index (κ2) is 11.0. The molecule has 0 amide bonds. The Bertz CT molecular complexity index is 1640. The van der Waals surface area contributed by atoms with E-state index < -0.39 is 29.2 Å². The Morgan fingerprint density at radius 3 is 2.54 bits per heavy atom. The summed E-state index contributed by atoms with van der Waals surface area (Å²) in [6.45, 7) is 5.90. The van der Waals surface area contributed by atoms with E-state index in [1.165, 1.54) is 10.6 Å². The van der Waals surface area contributed by atoms with Gasteiger partial charge in [-0.25, -0.2) is 9.07 Å². The minimum Gasteiger partial charge on any atom is -0.381 e. The highest BCUT2D eigenvalue weighted by molar-refractivity contribution is 5.86. The van der Waals surface area contributed by atoms with Crippen molar-refractivity contribution in [2.45, 2.75) is 58.8 Å². The zero-order valence-corrected chi connectivity index (χ0v) is 22.1. The first-order valence-corrected chi connectivity index (χ1v) is 12.6. The van der Waals surface area contributed by atoms with Gasteiger partial charge in [0.25, 0.3) is 11.1 Å². The van der Waals surface area contributed by atoms with Crippen molar-refractivity contribution < 1.29 is 17.6 Å². The minimum absolute atomic E-state index is 0.230. The van der Waals surface area contributed by atoms with E-state index in [1.807, 2.05) is 19.9 Å². The van der Waals surface area contributed by atoms with Crippen LogP contribution in [0.3, 0.4) is 0 Å². The van der Waals surface area contributed by atoms with Crippen molar-refractivity contribution in [2.24, 2.45) is 7.05 Å². The number of nitrogens with zero attached hydrogens (tertiary/aromatic N) is 4. The van der Waals surface area contributed by atoms with Gasteiger partial charge in [-0.05, 0) is 68.3 Å². The molecule has 0 bridgehead atoms. The van der Waals surface area contributed by atoms with Crippen molar-refractivity contribution in [3.63, 3.8) is 0 Å². The van der Waals surface area contributed by atoms with Crippen LogP contribution in [0.4, 0.5) is 23.2 Å². The zero-order chi connectivity index (χ0) is 28.5. The molecule has 0 saturated heterocycles. The monoisotopic (exact) mass is 543 g/mol. The topological polar surface area (TPSA) is 81.8 Å². The van der Waals surface area contributed by atoms with Crippen LogP contribution in [0.15, 0.2) is 52.3 Å². The van der Waals surface area contributed by atoms with Crippen molar-refractivity contribution in [2.75, 3.05) is 5.32 Å². The van der Waals surface area contributed by atoms with Gasteiger partial charge in [-0.3, -0.25) is 14.6 Å². The SMILES string of the molecule is CCc1nc(-c2cc3ccn(CCC[C@H](C)Nc4cnn(C)c(=O)c4C(F)(F)F)c(=O)c3cc2F)ccc1C. The van der Waals surface area contributed by atoms with Gasteiger partial charge in [-0.15, -0.1) is 0 Å². The second-order valence-corrected chi connectivity index (χ2v) is 9.59. The maximum atomic E-state index is 15.1. The van der Waals surface area contributed by atoms with Crippen LogP contribution in [-0.4, -0.2) is 25.4 Å². The quantitative estimate of drug-likeness (QED) is 0.298. The van der Waals surface area contributed by atoms with Crippen LogP contribution in [0.25, 0.3) is 22.0 Å². The molecule has 11 heteroatoms. The molecule has 0 fully saturated rings. The van der Waals surface area contributed by atoms with E-state index in [4.69, 9.17) is 0 Å². The van der Waals surface area contributed by atoms with E-state index in [-0.39, 0.29) is 23.2 Å². The van der Waals surface area contributed by atoms with E-state index in [9.17, 15) is 22.8 Å². The highest BCUT2D eigenvalue weighted by Gasteiger charge is 2.38. The molecule has 0 unspecified atom stereocenters. The summed E-state index contributed by atoms with van der Waals surface area (Å²) < 4.78 is 57.5. The lowest BCUT2D eigenvalue weighted by atomic mass is 10.0. The molecule has 4 aromatic rings. The molecule has 0 radical (unpaired) electrons. The van der Waals surface area contributed by atoms with Crippen molar-refractivity contribution in [3.05, 3.63) is 86.1 Å². The Labute approximate surface area is 222 Å². The minimum atomic E-state index is -4.83. The summed E-state index contributed by atoms with van der Waals surface area (Å²) in [4.78, 5) is 29.6. The number of hydrogen-bond acceptors (Lipinski definition) is 5. The van der Waals surface area contributed by atoms with Crippen LogP contribution in [0, 0.1) is 12.7 Å². The third-order valence-corrected chi connectivity index (χ3v) is 6.74. The highest BCUT2D eigenvalue weighted by Crippen LogP contribution is 2.32. The molecule has 0 aliphatic heterocycles. The number of halogens is 4. The first-order valence-electron chi connectivity index (χ1n) is 12.6. The van der Waals surface area contributed by atoms with Gasteiger partial charge in [0.05, 0.1) is 23.0 Å². The van der Waals surface area contributed by atoms with Gasteiger partial charge in [-0.2, -0.15) is 18.3 Å². The van der Waals surface area contributed by atoms with Gasteiger partial charge in [-0.1, -0.05) is 13.0 Å². The molecule has 0 aliphatic rings.